The summed E-state index contributed by atoms with van der Waals surface area (Å²) in [7, 11) is -2.03. The van der Waals surface area contributed by atoms with Crippen LogP contribution in [0.5, 0.6) is 17.2 Å². The van der Waals surface area contributed by atoms with Crippen molar-refractivity contribution in [3.8, 4) is 17.2 Å². The third kappa shape index (κ3) is 2.69. The van der Waals surface area contributed by atoms with Crippen molar-refractivity contribution in [2.45, 2.75) is 38.0 Å². The van der Waals surface area contributed by atoms with Crippen LogP contribution < -0.4 is 9.47 Å². The zero-order valence-electron chi connectivity index (χ0n) is 12.2. The second-order valence-electron chi connectivity index (χ2n) is 4.57. The second kappa shape index (κ2) is 5.88. The Morgan fingerprint density at radius 3 is 2.05 bits per heavy atom. The Hall–Kier alpha value is -1.47. The number of phenolic OH excluding ortho intramolecular Hbond substituents is 1. The van der Waals surface area contributed by atoms with E-state index in [-0.39, 0.29) is 17.4 Å². The molecule has 7 heteroatoms. The number of aromatic hydroxyl groups is 1. The van der Waals surface area contributed by atoms with Crippen LogP contribution in [-0.4, -0.2) is 32.3 Å². The molecule has 1 unspecified atom stereocenters. The van der Waals surface area contributed by atoms with Gasteiger partial charge in [0.1, 0.15) is 5.75 Å². The van der Waals surface area contributed by atoms with Gasteiger partial charge in [-0.3, -0.25) is 4.55 Å². The average molecular weight is 304 g/mol. The first-order chi connectivity index (χ1) is 9.20. The molecule has 0 saturated heterocycles. The fourth-order valence-electron chi connectivity index (χ4n) is 2.28. The molecule has 0 bridgehead atoms. The summed E-state index contributed by atoms with van der Waals surface area (Å²) in [5.74, 6) is -0.599. The molecule has 6 nitrogen and oxygen atoms in total. The molecular weight excluding hydrogens is 284 g/mol. The normalized spacial score (nSPS) is 13.1. The molecular formula is C13H20O6S. The van der Waals surface area contributed by atoms with Crippen LogP contribution in [0.15, 0.2) is 4.90 Å². The molecule has 1 aromatic rings. The largest absolute Gasteiger partial charge is 0.506 e. The smallest absolute Gasteiger partial charge is 0.302 e. The lowest BCUT2D eigenvalue weighted by molar-refractivity contribution is 0.332. The van der Waals surface area contributed by atoms with Crippen molar-refractivity contribution in [3.63, 3.8) is 0 Å². The minimum absolute atomic E-state index is 0.102. The van der Waals surface area contributed by atoms with E-state index in [1.165, 1.54) is 14.2 Å². The predicted molar refractivity (Wildman–Crippen MR) is 74.5 cm³/mol. The maximum atomic E-state index is 11.5. The highest BCUT2D eigenvalue weighted by atomic mass is 32.2. The van der Waals surface area contributed by atoms with Crippen molar-refractivity contribution in [2.24, 2.45) is 0 Å². The van der Waals surface area contributed by atoms with Gasteiger partial charge in [0.25, 0.3) is 0 Å². The van der Waals surface area contributed by atoms with Gasteiger partial charge in [-0.2, -0.15) is 8.42 Å². The summed E-state index contributed by atoms with van der Waals surface area (Å²) < 4.78 is 42.6. The van der Waals surface area contributed by atoms with Crippen LogP contribution >= 0.6 is 0 Å². The summed E-state index contributed by atoms with van der Waals surface area (Å²) in [5.41, 5.74) is 1.02. The van der Waals surface area contributed by atoms with E-state index >= 15 is 0 Å². The van der Waals surface area contributed by atoms with Gasteiger partial charge in [0.15, 0.2) is 16.4 Å². The Balaban J connectivity index is 3.93. The van der Waals surface area contributed by atoms with Gasteiger partial charge in [-0.05, 0) is 19.3 Å². The highest BCUT2D eigenvalue weighted by molar-refractivity contribution is 7.86. The zero-order valence-corrected chi connectivity index (χ0v) is 13.0. The summed E-state index contributed by atoms with van der Waals surface area (Å²) in [6.07, 6.45) is 0.689. The molecule has 2 N–H and O–H groups in total. The fourth-order valence-corrected chi connectivity index (χ4v) is 3.05. The number of hydrogen-bond acceptors (Lipinski definition) is 5. The minimum Gasteiger partial charge on any atom is -0.506 e. The molecule has 0 radical (unpaired) electrons. The van der Waals surface area contributed by atoms with Gasteiger partial charge in [0, 0.05) is 11.1 Å². The van der Waals surface area contributed by atoms with Crippen LogP contribution in [0.2, 0.25) is 0 Å². The molecule has 0 aromatic heterocycles. The zero-order chi connectivity index (χ0) is 15.7. The number of benzene rings is 1. The van der Waals surface area contributed by atoms with E-state index in [4.69, 9.17) is 9.47 Å². The lowest BCUT2D eigenvalue weighted by Crippen LogP contribution is -2.09. The Kier molecular flexibility index (Phi) is 4.88. The Labute approximate surface area is 119 Å². The van der Waals surface area contributed by atoms with Gasteiger partial charge in [-0.25, -0.2) is 0 Å². The molecule has 0 heterocycles. The van der Waals surface area contributed by atoms with Gasteiger partial charge in [0.2, 0.25) is 0 Å². The van der Waals surface area contributed by atoms with Crippen molar-refractivity contribution >= 4 is 10.1 Å². The fraction of sp³-hybridized carbons (Fsp3) is 0.538. The predicted octanol–water partition coefficient (Wildman–Crippen LogP) is 2.48. The van der Waals surface area contributed by atoms with E-state index in [0.29, 0.717) is 17.5 Å². The third-order valence-electron chi connectivity index (χ3n) is 3.40. The van der Waals surface area contributed by atoms with E-state index < -0.39 is 20.8 Å². The van der Waals surface area contributed by atoms with Gasteiger partial charge in [0.05, 0.1) is 14.2 Å². The summed E-state index contributed by atoms with van der Waals surface area (Å²) in [6, 6.07) is 0. The van der Waals surface area contributed by atoms with E-state index in [1.54, 1.807) is 6.92 Å². The molecule has 114 valence electrons. The Bertz CT molecular complexity index is 606. The van der Waals surface area contributed by atoms with Crippen LogP contribution in [0, 0.1) is 6.92 Å². The Morgan fingerprint density at radius 2 is 1.70 bits per heavy atom. The third-order valence-corrected chi connectivity index (χ3v) is 4.29. The lowest BCUT2D eigenvalue weighted by Gasteiger charge is -2.22. The molecule has 0 aliphatic rings. The molecule has 1 aromatic carbocycles. The molecule has 1 atom stereocenters. The van der Waals surface area contributed by atoms with Crippen LogP contribution in [0.1, 0.15) is 37.3 Å². The quantitative estimate of drug-likeness (QED) is 0.812. The number of rotatable bonds is 5. The van der Waals surface area contributed by atoms with Gasteiger partial charge < -0.3 is 14.6 Å². The maximum Gasteiger partial charge on any atom is 0.302 e. The second-order valence-corrected chi connectivity index (χ2v) is 5.93. The number of methoxy groups -OCH3 is 2. The van der Waals surface area contributed by atoms with Gasteiger partial charge in [-0.15, -0.1) is 0 Å². The van der Waals surface area contributed by atoms with Gasteiger partial charge in [-0.1, -0.05) is 13.8 Å². The highest BCUT2D eigenvalue weighted by Crippen LogP contribution is 2.48. The van der Waals surface area contributed by atoms with Crippen molar-refractivity contribution < 1.29 is 27.6 Å². The molecule has 0 aliphatic carbocycles. The van der Waals surface area contributed by atoms with Crippen LogP contribution in [0.4, 0.5) is 0 Å². The van der Waals surface area contributed by atoms with E-state index in [0.717, 1.165) is 0 Å². The highest BCUT2D eigenvalue weighted by Gasteiger charge is 2.31. The van der Waals surface area contributed by atoms with Crippen molar-refractivity contribution in [3.05, 3.63) is 11.1 Å². The number of phenols is 1. The molecule has 0 aliphatic heterocycles. The molecule has 1 rings (SSSR count). The van der Waals surface area contributed by atoms with Gasteiger partial charge >= 0.3 is 10.1 Å². The monoisotopic (exact) mass is 304 g/mol. The summed E-state index contributed by atoms with van der Waals surface area (Å²) in [4.78, 5) is -0.655. The molecule has 0 saturated carbocycles. The summed E-state index contributed by atoms with van der Waals surface area (Å²) in [5, 5.41) is 10.3. The molecule has 0 spiro atoms. The van der Waals surface area contributed by atoms with Crippen molar-refractivity contribution in [1.82, 2.24) is 0 Å². The van der Waals surface area contributed by atoms with E-state index in [1.807, 2.05) is 13.8 Å². The van der Waals surface area contributed by atoms with Crippen LogP contribution in [-0.2, 0) is 10.1 Å². The topological polar surface area (TPSA) is 93.1 Å². The average Bonchev–Trinajstić information content (AvgIpc) is 2.35. The lowest BCUT2D eigenvalue weighted by atomic mass is 9.92. The molecule has 0 amide bonds. The maximum absolute atomic E-state index is 11.5. The standard InChI is InChI=1S/C13H20O6S/c1-6-7(2)9-8(3)11(18-4)12(19-5)13(10(9)14)20(15,16)17/h7,14H,6H2,1-5H3,(H,15,16,17). The van der Waals surface area contributed by atoms with Crippen molar-refractivity contribution in [2.75, 3.05) is 14.2 Å². The first kappa shape index (κ1) is 16.6. The Morgan fingerprint density at radius 1 is 1.20 bits per heavy atom. The number of hydrogen-bond donors (Lipinski definition) is 2. The van der Waals surface area contributed by atoms with Crippen molar-refractivity contribution in [1.29, 1.82) is 0 Å². The first-order valence-electron chi connectivity index (χ1n) is 6.15. The minimum atomic E-state index is -4.64. The van der Waals surface area contributed by atoms with Crippen LogP contribution in [0.25, 0.3) is 0 Å². The molecule has 0 fully saturated rings. The van der Waals surface area contributed by atoms with E-state index in [2.05, 4.69) is 0 Å². The van der Waals surface area contributed by atoms with Crippen LogP contribution in [0.3, 0.4) is 0 Å². The molecule has 20 heavy (non-hydrogen) atoms. The SMILES string of the molecule is CCC(C)c1c(C)c(OC)c(OC)c(S(=O)(=O)O)c1O. The number of ether oxygens (including phenoxy) is 2. The van der Waals surface area contributed by atoms with E-state index in [9.17, 15) is 18.1 Å². The summed E-state index contributed by atoms with van der Waals surface area (Å²) in [6.45, 7) is 5.46. The first-order valence-corrected chi connectivity index (χ1v) is 7.59. The summed E-state index contributed by atoms with van der Waals surface area (Å²) >= 11 is 0.